The van der Waals surface area contributed by atoms with E-state index in [2.05, 4.69) is 4.90 Å². The number of piperidine rings is 1. The number of rotatable bonds is 5. The average molecular weight is 238 g/mol. The van der Waals surface area contributed by atoms with Gasteiger partial charge >= 0.3 is 0 Å². The predicted molar refractivity (Wildman–Crippen MR) is 74.0 cm³/mol. The third-order valence-corrected chi connectivity index (χ3v) is 4.86. The monoisotopic (exact) mass is 238 g/mol. The maximum absolute atomic E-state index is 5.64. The Kier molecular flexibility index (Phi) is 5.79. The van der Waals surface area contributed by atoms with E-state index >= 15 is 0 Å². The number of hydrogen-bond donors (Lipinski definition) is 1. The summed E-state index contributed by atoms with van der Waals surface area (Å²) >= 11 is 0. The second kappa shape index (κ2) is 7.38. The van der Waals surface area contributed by atoms with E-state index in [0.717, 1.165) is 18.4 Å². The van der Waals surface area contributed by atoms with Gasteiger partial charge in [-0.3, -0.25) is 0 Å². The molecule has 2 N–H and O–H groups in total. The fourth-order valence-electron chi connectivity index (χ4n) is 3.58. The van der Waals surface area contributed by atoms with E-state index in [-0.39, 0.29) is 0 Å². The van der Waals surface area contributed by atoms with Gasteiger partial charge in [0.15, 0.2) is 0 Å². The van der Waals surface area contributed by atoms with Gasteiger partial charge in [-0.2, -0.15) is 0 Å². The molecule has 1 heterocycles. The summed E-state index contributed by atoms with van der Waals surface area (Å²) < 4.78 is 0. The van der Waals surface area contributed by atoms with E-state index in [4.69, 9.17) is 5.73 Å². The highest BCUT2D eigenvalue weighted by Gasteiger charge is 2.20. The van der Waals surface area contributed by atoms with Crippen LogP contribution < -0.4 is 5.73 Å². The molecule has 0 bridgehead atoms. The van der Waals surface area contributed by atoms with Crippen molar-refractivity contribution < 1.29 is 0 Å². The Balaban J connectivity index is 1.57. The van der Waals surface area contributed by atoms with Crippen molar-refractivity contribution in [3.63, 3.8) is 0 Å². The largest absolute Gasteiger partial charge is 0.330 e. The van der Waals surface area contributed by atoms with Crippen molar-refractivity contribution in [3.05, 3.63) is 0 Å². The van der Waals surface area contributed by atoms with Crippen LogP contribution in [0.5, 0.6) is 0 Å². The number of likely N-dealkylation sites (tertiary alicyclic amines) is 1. The zero-order valence-electron chi connectivity index (χ0n) is 11.4. The van der Waals surface area contributed by atoms with Crippen LogP contribution in [0.4, 0.5) is 0 Å². The van der Waals surface area contributed by atoms with Crippen LogP contribution in [0, 0.1) is 11.8 Å². The van der Waals surface area contributed by atoms with Crippen LogP contribution in [0.15, 0.2) is 0 Å². The smallest absolute Gasteiger partial charge is 0.00161 e. The van der Waals surface area contributed by atoms with Crippen LogP contribution >= 0.6 is 0 Å². The highest BCUT2D eigenvalue weighted by molar-refractivity contribution is 4.74. The highest BCUT2D eigenvalue weighted by atomic mass is 15.1. The lowest BCUT2D eigenvalue weighted by Gasteiger charge is -2.33. The van der Waals surface area contributed by atoms with Crippen molar-refractivity contribution >= 4 is 0 Å². The molecule has 1 saturated carbocycles. The minimum atomic E-state index is 0.882. The maximum Gasteiger partial charge on any atom is -0.00161 e. The maximum atomic E-state index is 5.64. The summed E-state index contributed by atoms with van der Waals surface area (Å²) in [6.07, 6.45) is 13.0. The molecule has 1 aliphatic heterocycles. The van der Waals surface area contributed by atoms with Crippen molar-refractivity contribution in [2.24, 2.45) is 17.6 Å². The molecule has 2 rings (SSSR count). The molecule has 2 aliphatic rings. The van der Waals surface area contributed by atoms with Crippen molar-refractivity contribution in [2.45, 2.75) is 57.8 Å². The molecule has 17 heavy (non-hydrogen) atoms. The van der Waals surface area contributed by atoms with Gasteiger partial charge in [-0.25, -0.2) is 0 Å². The third kappa shape index (κ3) is 4.59. The van der Waals surface area contributed by atoms with Crippen molar-refractivity contribution in [3.8, 4) is 0 Å². The highest BCUT2D eigenvalue weighted by Crippen LogP contribution is 2.27. The lowest BCUT2D eigenvalue weighted by molar-refractivity contribution is 0.164. The van der Waals surface area contributed by atoms with Gasteiger partial charge in [0, 0.05) is 0 Å². The molecular formula is C15H30N2. The van der Waals surface area contributed by atoms with Gasteiger partial charge in [0.2, 0.25) is 0 Å². The Labute approximate surface area is 107 Å². The molecule has 100 valence electrons. The molecule has 1 aliphatic carbocycles. The van der Waals surface area contributed by atoms with Crippen molar-refractivity contribution in [2.75, 3.05) is 26.2 Å². The molecule has 0 spiro atoms. The van der Waals surface area contributed by atoms with Crippen LogP contribution in [0.3, 0.4) is 0 Å². The van der Waals surface area contributed by atoms with E-state index in [1.165, 1.54) is 77.4 Å². The molecule has 0 aromatic carbocycles. The van der Waals surface area contributed by atoms with Crippen LogP contribution in [0.2, 0.25) is 0 Å². The van der Waals surface area contributed by atoms with Gasteiger partial charge in [0.05, 0.1) is 0 Å². The van der Waals surface area contributed by atoms with Gasteiger partial charge in [0.1, 0.15) is 0 Å². The fourth-order valence-corrected chi connectivity index (χ4v) is 3.58. The van der Waals surface area contributed by atoms with Crippen LogP contribution in [-0.2, 0) is 0 Å². The number of nitrogens with zero attached hydrogens (tertiary/aromatic N) is 1. The Bertz CT molecular complexity index is 191. The number of nitrogens with two attached hydrogens (primary N) is 1. The minimum absolute atomic E-state index is 0.882. The quantitative estimate of drug-likeness (QED) is 0.798. The van der Waals surface area contributed by atoms with Crippen LogP contribution in [-0.4, -0.2) is 31.1 Å². The molecule has 2 heteroatoms. The Morgan fingerprint density at radius 3 is 2.12 bits per heavy atom. The summed E-state index contributed by atoms with van der Waals surface area (Å²) in [4.78, 5) is 2.70. The minimum Gasteiger partial charge on any atom is -0.330 e. The molecule has 0 aromatic heterocycles. The first-order valence-electron chi connectivity index (χ1n) is 7.81. The van der Waals surface area contributed by atoms with Crippen molar-refractivity contribution in [1.29, 1.82) is 0 Å². The zero-order chi connectivity index (χ0) is 11.9. The van der Waals surface area contributed by atoms with E-state index in [1.807, 2.05) is 0 Å². The lowest BCUT2D eigenvalue weighted by atomic mass is 9.86. The van der Waals surface area contributed by atoms with Gasteiger partial charge in [-0.15, -0.1) is 0 Å². The summed E-state index contributed by atoms with van der Waals surface area (Å²) in [6, 6.07) is 0. The SMILES string of the molecule is NCCC1CCN(CCC2CCCCC2)CC1. The fraction of sp³-hybridized carbons (Fsp3) is 1.00. The van der Waals surface area contributed by atoms with Crippen LogP contribution in [0.25, 0.3) is 0 Å². The first-order valence-corrected chi connectivity index (χ1v) is 7.81. The summed E-state index contributed by atoms with van der Waals surface area (Å²) in [7, 11) is 0. The normalized spacial score (nSPS) is 25.2. The van der Waals surface area contributed by atoms with Crippen molar-refractivity contribution in [1.82, 2.24) is 4.90 Å². The van der Waals surface area contributed by atoms with Crippen LogP contribution in [0.1, 0.15) is 57.8 Å². The average Bonchev–Trinajstić information content (AvgIpc) is 2.40. The van der Waals surface area contributed by atoms with E-state index in [9.17, 15) is 0 Å². The zero-order valence-corrected chi connectivity index (χ0v) is 11.4. The van der Waals surface area contributed by atoms with Gasteiger partial charge < -0.3 is 10.6 Å². The lowest BCUT2D eigenvalue weighted by Crippen LogP contribution is -2.35. The van der Waals surface area contributed by atoms with Gasteiger partial charge in [-0.05, 0) is 63.7 Å². The first-order chi connectivity index (χ1) is 8.38. The number of hydrogen-bond acceptors (Lipinski definition) is 2. The molecule has 0 aromatic rings. The summed E-state index contributed by atoms with van der Waals surface area (Å²) in [5.74, 6) is 1.97. The standard InChI is InChI=1S/C15H30N2/c16-10-6-15-8-12-17(13-9-15)11-7-14-4-2-1-3-5-14/h14-15H,1-13,16H2. The second-order valence-corrected chi connectivity index (χ2v) is 6.16. The van der Waals surface area contributed by atoms with E-state index < -0.39 is 0 Å². The van der Waals surface area contributed by atoms with E-state index in [1.54, 1.807) is 0 Å². The second-order valence-electron chi connectivity index (χ2n) is 6.16. The molecule has 2 nitrogen and oxygen atoms in total. The Hall–Kier alpha value is -0.0800. The third-order valence-electron chi connectivity index (χ3n) is 4.86. The van der Waals surface area contributed by atoms with E-state index in [0.29, 0.717) is 0 Å². The Morgan fingerprint density at radius 1 is 0.824 bits per heavy atom. The Morgan fingerprint density at radius 2 is 1.47 bits per heavy atom. The molecule has 1 saturated heterocycles. The summed E-state index contributed by atoms with van der Waals surface area (Å²) in [6.45, 7) is 4.90. The molecule has 0 atom stereocenters. The molecule has 0 unspecified atom stereocenters. The molecule has 0 amide bonds. The topological polar surface area (TPSA) is 29.3 Å². The first kappa shape index (κ1) is 13.4. The molecular weight excluding hydrogens is 208 g/mol. The van der Waals surface area contributed by atoms with Gasteiger partial charge in [-0.1, -0.05) is 32.1 Å². The molecule has 2 fully saturated rings. The summed E-state index contributed by atoms with van der Waals surface area (Å²) in [5, 5.41) is 0. The van der Waals surface area contributed by atoms with Gasteiger partial charge in [0.25, 0.3) is 0 Å². The predicted octanol–water partition coefficient (Wildman–Crippen LogP) is 3.02. The summed E-state index contributed by atoms with van der Waals surface area (Å²) in [5.41, 5.74) is 5.64. The molecule has 0 radical (unpaired) electrons.